The maximum absolute atomic E-state index is 9.16. The molecule has 1 heterocycles. The third kappa shape index (κ3) is 3.35. The number of aromatic nitrogens is 1. The molecule has 5 heteroatoms. The van der Waals surface area contributed by atoms with Crippen molar-refractivity contribution in [1.82, 2.24) is 4.98 Å². The highest BCUT2D eigenvalue weighted by Crippen LogP contribution is 2.21. The zero-order chi connectivity index (χ0) is 11.4. The number of nitrogens with two attached hydrogens (primary N) is 1. The van der Waals surface area contributed by atoms with Gasteiger partial charge in [-0.3, -0.25) is 0 Å². The number of pyridine rings is 1. The van der Waals surface area contributed by atoms with Gasteiger partial charge in [0, 0.05) is 10.7 Å². The molecule has 1 rings (SSSR count). The van der Waals surface area contributed by atoms with Gasteiger partial charge in [0.1, 0.15) is 5.82 Å². The van der Waals surface area contributed by atoms with Crippen LogP contribution in [0.3, 0.4) is 0 Å². The fraction of sp³-hybridized carbons (Fsp3) is 0.500. The summed E-state index contributed by atoms with van der Waals surface area (Å²) in [5.74, 6) is 0.936. The van der Waals surface area contributed by atoms with Crippen LogP contribution in [0, 0.1) is 5.92 Å². The smallest absolute Gasteiger partial charge is 0.149 e. The van der Waals surface area contributed by atoms with E-state index in [1.54, 1.807) is 12.3 Å². The molecule has 0 saturated heterocycles. The van der Waals surface area contributed by atoms with Crippen LogP contribution in [0.25, 0.3) is 0 Å². The molecule has 0 amide bonds. The molecule has 0 radical (unpaired) electrons. The zero-order valence-corrected chi connectivity index (χ0v) is 10.5. The van der Waals surface area contributed by atoms with E-state index in [1.165, 1.54) is 0 Å². The molecule has 0 bridgehead atoms. The van der Waals surface area contributed by atoms with E-state index in [-0.39, 0.29) is 12.6 Å². The number of hydrogen-bond donors (Lipinski definition) is 3. The first kappa shape index (κ1) is 12.3. The van der Waals surface area contributed by atoms with Gasteiger partial charge in [0.15, 0.2) is 0 Å². The summed E-state index contributed by atoms with van der Waals surface area (Å²) in [6, 6.07) is 1.75. The molecular formula is C10H16BrN3O. The Morgan fingerprint density at radius 3 is 2.73 bits per heavy atom. The number of nitrogens with one attached hydrogen (secondary N) is 1. The van der Waals surface area contributed by atoms with Gasteiger partial charge in [-0.15, -0.1) is 0 Å². The predicted molar refractivity (Wildman–Crippen MR) is 65.7 cm³/mol. The van der Waals surface area contributed by atoms with Gasteiger partial charge in [0.05, 0.1) is 18.3 Å². The SMILES string of the molecule is CC(C)C(CO)Nc1ncc(Br)cc1N. The number of nitrogens with zero attached hydrogens (tertiary/aromatic N) is 1. The lowest BCUT2D eigenvalue weighted by Crippen LogP contribution is -2.30. The van der Waals surface area contributed by atoms with Crippen molar-refractivity contribution in [2.45, 2.75) is 19.9 Å². The average molecular weight is 274 g/mol. The Morgan fingerprint density at radius 2 is 2.27 bits per heavy atom. The molecule has 0 saturated carbocycles. The zero-order valence-electron chi connectivity index (χ0n) is 8.87. The lowest BCUT2D eigenvalue weighted by molar-refractivity contribution is 0.249. The largest absolute Gasteiger partial charge is 0.396 e. The Bertz CT molecular complexity index is 330. The third-order valence-electron chi connectivity index (χ3n) is 2.21. The Kier molecular flexibility index (Phi) is 4.35. The van der Waals surface area contributed by atoms with Gasteiger partial charge in [-0.2, -0.15) is 0 Å². The summed E-state index contributed by atoms with van der Waals surface area (Å²) in [5, 5.41) is 12.3. The second-order valence-electron chi connectivity index (χ2n) is 3.77. The van der Waals surface area contributed by atoms with Crippen LogP contribution in [-0.2, 0) is 0 Å². The number of anilines is 2. The highest BCUT2D eigenvalue weighted by atomic mass is 79.9. The quantitative estimate of drug-likeness (QED) is 0.783. The topological polar surface area (TPSA) is 71.2 Å². The van der Waals surface area contributed by atoms with Crippen LogP contribution in [0.15, 0.2) is 16.7 Å². The van der Waals surface area contributed by atoms with Crippen LogP contribution in [0.1, 0.15) is 13.8 Å². The van der Waals surface area contributed by atoms with Gasteiger partial charge in [0.25, 0.3) is 0 Å². The Morgan fingerprint density at radius 1 is 1.60 bits per heavy atom. The minimum absolute atomic E-state index is 0.0269. The average Bonchev–Trinajstić information content (AvgIpc) is 2.16. The lowest BCUT2D eigenvalue weighted by atomic mass is 10.1. The molecule has 0 aliphatic heterocycles. The van der Waals surface area contributed by atoms with Crippen LogP contribution in [0.2, 0.25) is 0 Å². The van der Waals surface area contributed by atoms with Crippen LogP contribution >= 0.6 is 15.9 Å². The van der Waals surface area contributed by atoms with Gasteiger partial charge >= 0.3 is 0 Å². The fourth-order valence-electron chi connectivity index (χ4n) is 1.17. The highest BCUT2D eigenvalue weighted by molar-refractivity contribution is 9.10. The van der Waals surface area contributed by atoms with Gasteiger partial charge < -0.3 is 16.2 Å². The van der Waals surface area contributed by atoms with Gasteiger partial charge in [-0.05, 0) is 27.9 Å². The van der Waals surface area contributed by atoms with E-state index in [4.69, 9.17) is 10.8 Å². The number of nitrogen functional groups attached to an aromatic ring is 1. The van der Waals surface area contributed by atoms with Crippen molar-refractivity contribution in [2.24, 2.45) is 5.92 Å². The van der Waals surface area contributed by atoms with Crippen molar-refractivity contribution in [2.75, 3.05) is 17.7 Å². The van der Waals surface area contributed by atoms with Crippen LogP contribution in [0.4, 0.5) is 11.5 Å². The molecule has 0 spiro atoms. The first-order valence-corrected chi connectivity index (χ1v) is 5.62. The van der Waals surface area contributed by atoms with Crippen LogP contribution in [0.5, 0.6) is 0 Å². The van der Waals surface area contributed by atoms with Gasteiger partial charge in [0.2, 0.25) is 0 Å². The second kappa shape index (κ2) is 5.32. The van der Waals surface area contributed by atoms with E-state index in [0.29, 0.717) is 17.4 Å². The molecule has 1 aromatic heterocycles. The number of halogens is 1. The van der Waals surface area contributed by atoms with Crippen LogP contribution in [-0.4, -0.2) is 22.7 Å². The Labute approximate surface area is 98.0 Å². The summed E-state index contributed by atoms with van der Waals surface area (Å²) in [7, 11) is 0. The van der Waals surface area contributed by atoms with Gasteiger partial charge in [-0.1, -0.05) is 13.8 Å². The minimum Gasteiger partial charge on any atom is -0.396 e. The lowest BCUT2D eigenvalue weighted by Gasteiger charge is -2.21. The minimum atomic E-state index is -0.0269. The molecule has 0 aromatic carbocycles. The van der Waals surface area contributed by atoms with Crippen molar-refractivity contribution in [3.63, 3.8) is 0 Å². The van der Waals surface area contributed by atoms with E-state index < -0.39 is 0 Å². The summed E-state index contributed by atoms with van der Waals surface area (Å²) in [4.78, 5) is 4.15. The molecule has 0 aliphatic rings. The van der Waals surface area contributed by atoms with Crippen molar-refractivity contribution < 1.29 is 5.11 Å². The van der Waals surface area contributed by atoms with E-state index in [2.05, 4.69) is 26.2 Å². The van der Waals surface area contributed by atoms with Crippen molar-refractivity contribution in [3.05, 3.63) is 16.7 Å². The van der Waals surface area contributed by atoms with Crippen molar-refractivity contribution >= 4 is 27.4 Å². The summed E-state index contributed by atoms with van der Waals surface area (Å²) >= 11 is 3.29. The van der Waals surface area contributed by atoms with E-state index in [9.17, 15) is 0 Å². The summed E-state index contributed by atoms with van der Waals surface area (Å²) in [6.45, 7) is 4.13. The summed E-state index contributed by atoms with van der Waals surface area (Å²) in [5.41, 5.74) is 6.36. The molecule has 1 aromatic rings. The van der Waals surface area contributed by atoms with Crippen molar-refractivity contribution in [3.8, 4) is 0 Å². The monoisotopic (exact) mass is 273 g/mol. The summed E-state index contributed by atoms with van der Waals surface area (Å²) < 4.78 is 0.843. The van der Waals surface area contributed by atoms with E-state index in [1.807, 2.05) is 13.8 Å². The molecule has 0 fully saturated rings. The molecule has 4 nitrogen and oxygen atoms in total. The van der Waals surface area contributed by atoms with Crippen LogP contribution < -0.4 is 11.1 Å². The number of rotatable bonds is 4. The Balaban J connectivity index is 2.79. The first-order valence-electron chi connectivity index (χ1n) is 4.83. The third-order valence-corrected chi connectivity index (χ3v) is 2.64. The van der Waals surface area contributed by atoms with Gasteiger partial charge in [-0.25, -0.2) is 4.98 Å². The first-order chi connectivity index (χ1) is 7.04. The highest BCUT2D eigenvalue weighted by Gasteiger charge is 2.13. The summed E-state index contributed by atoms with van der Waals surface area (Å²) in [6.07, 6.45) is 1.67. The second-order valence-corrected chi connectivity index (χ2v) is 4.68. The Hall–Kier alpha value is -0.810. The number of hydrogen-bond acceptors (Lipinski definition) is 4. The number of aliphatic hydroxyl groups is 1. The fourth-order valence-corrected chi connectivity index (χ4v) is 1.52. The normalized spacial score (nSPS) is 12.9. The van der Waals surface area contributed by atoms with E-state index in [0.717, 1.165) is 4.47 Å². The predicted octanol–water partition coefficient (Wildman–Crippen LogP) is 1.86. The van der Waals surface area contributed by atoms with Crippen molar-refractivity contribution in [1.29, 1.82) is 0 Å². The molecule has 84 valence electrons. The molecule has 15 heavy (non-hydrogen) atoms. The standard InChI is InChI=1S/C10H16BrN3O/c1-6(2)9(5-15)14-10-8(12)3-7(11)4-13-10/h3-4,6,9,15H,5,12H2,1-2H3,(H,13,14). The molecule has 1 unspecified atom stereocenters. The molecule has 1 atom stereocenters. The molecule has 4 N–H and O–H groups in total. The molecular weight excluding hydrogens is 258 g/mol. The number of aliphatic hydroxyl groups excluding tert-OH is 1. The maximum atomic E-state index is 9.16. The molecule has 0 aliphatic carbocycles. The van der Waals surface area contributed by atoms with E-state index >= 15 is 0 Å². The maximum Gasteiger partial charge on any atom is 0.149 e.